The summed E-state index contributed by atoms with van der Waals surface area (Å²) in [6, 6.07) is 8.80. The topological polar surface area (TPSA) is 47.3 Å². The van der Waals surface area contributed by atoms with E-state index in [9.17, 15) is 0 Å². The third-order valence-corrected chi connectivity index (χ3v) is 3.97. The quantitative estimate of drug-likeness (QED) is 0.499. The highest BCUT2D eigenvalue weighted by Gasteiger charge is 2.23. The molecular weight excluding hydrogens is 327 g/mol. The van der Waals surface area contributed by atoms with Crippen molar-refractivity contribution in [1.82, 2.24) is 5.43 Å². The zero-order valence-corrected chi connectivity index (χ0v) is 12.0. The highest BCUT2D eigenvalue weighted by molar-refractivity contribution is 14.1. The number of nitrogens with two attached hydrogens (primary N) is 1. The fraction of sp³-hybridized carbons (Fsp3) is 0.538. The minimum absolute atomic E-state index is 0.218. The van der Waals surface area contributed by atoms with Crippen molar-refractivity contribution in [2.45, 2.75) is 37.8 Å². The van der Waals surface area contributed by atoms with Gasteiger partial charge in [-0.2, -0.15) is 0 Å². The summed E-state index contributed by atoms with van der Waals surface area (Å²) in [6.45, 7) is 0.871. The highest BCUT2D eigenvalue weighted by atomic mass is 127. The van der Waals surface area contributed by atoms with Gasteiger partial charge in [-0.3, -0.25) is 11.3 Å². The monoisotopic (exact) mass is 346 g/mol. The smallest absolute Gasteiger partial charge is 0.0744 e. The number of rotatable bonds is 4. The first-order valence-corrected chi connectivity index (χ1v) is 7.19. The maximum absolute atomic E-state index is 5.78. The molecule has 1 aromatic rings. The number of nitrogens with one attached hydrogen (secondary N) is 1. The lowest BCUT2D eigenvalue weighted by atomic mass is 9.96. The maximum atomic E-state index is 5.78. The summed E-state index contributed by atoms with van der Waals surface area (Å²) in [6.07, 6.45) is 4.72. The summed E-state index contributed by atoms with van der Waals surface area (Å²) in [7, 11) is 0. The first-order valence-electron chi connectivity index (χ1n) is 6.12. The summed E-state index contributed by atoms with van der Waals surface area (Å²) >= 11 is 2.32. The molecule has 94 valence electrons. The van der Waals surface area contributed by atoms with E-state index in [0.717, 1.165) is 19.4 Å². The van der Waals surface area contributed by atoms with Crippen LogP contribution in [0.25, 0.3) is 0 Å². The minimum Gasteiger partial charge on any atom is -0.377 e. The Morgan fingerprint density at radius 1 is 1.35 bits per heavy atom. The van der Waals surface area contributed by atoms with Crippen molar-refractivity contribution in [2.75, 3.05) is 6.61 Å². The van der Waals surface area contributed by atoms with E-state index in [1.165, 1.54) is 22.0 Å². The van der Waals surface area contributed by atoms with Crippen LogP contribution in [0.5, 0.6) is 0 Å². The van der Waals surface area contributed by atoms with Gasteiger partial charge in [0.05, 0.1) is 12.1 Å². The van der Waals surface area contributed by atoms with Crippen LogP contribution in [-0.2, 0) is 11.2 Å². The zero-order valence-electron chi connectivity index (χ0n) is 9.86. The number of hydrogen-bond donors (Lipinski definition) is 2. The van der Waals surface area contributed by atoms with Gasteiger partial charge in [-0.1, -0.05) is 12.1 Å². The Kier molecular flexibility index (Phi) is 5.21. The van der Waals surface area contributed by atoms with Crippen LogP contribution in [0.1, 0.15) is 24.8 Å². The van der Waals surface area contributed by atoms with Crippen molar-refractivity contribution < 1.29 is 4.74 Å². The van der Waals surface area contributed by atoms with E-state index >= 15 is 0 Å². The van der Waals surface area contributed by atoms with Crippen LogP contribution in [-0.4, -0.2) is 18.8 Å². The average molecular weight is 346 g/mol. The molecule has 1 aliphatic rings. The van der Waals surface area contributed by atoms with E-state index in [1.807, 2.05) is 0 Å². The predicted molar refractivity (Wildman–Crippen MR) is 77.6 cm³/mol. The average Bonchev–Trinajstić information content (AvgIpc) is 2.39. The van der Waals surface area contributed by atoms with Crippen molar-refractivity contribution >= 4 is 22.6 Å². The van der Waals surface area contributed by atoms with Gasteiger partial charge in [-0.25, -0.2) is 0 Å². The van der Waals surface area contributed by atoms with Crippen molar-refractivity contribution in [1.29, 1.82) is 0 Å². The molecule has 1 saturated heterocycles. The molecule has 2 atom stereocenters. The second-order valence-electron chi connectivity index (χ2n) is 4.51. The minimum atomic E-state index is 0.218. The van der Waals surface area contributed by atoms with Crippen molar-refractivity contribution in [3.05, 3.63) is 33.4 Å². The fourth-order valence-corrected chi connectivity index (χ4v) is 2.61. The van der Waals surface area contributed by atoms with E-state index in [1.54, 1.807) is 0 Å². The van der Waals surface area contributed by atoms with Gasteiger partial charge in [0.1, 0.15) is 0 Å². The molecule has 0 bridgehead atoms. The molecule has 2 unspecified atom stereocenters. The highest BCUT2D eigenvalue weighted by Crippen LogP contribution is 2.18. The molecule has 0 radical (unpaired) electrons. The molecule has 3 N–H and O–H groups in total. The Hall–Kier alpha value is -0.170. The molecule has 1 heterocycles. The molecular formula is C13H19IN2O. The predicted octanol–water partition coefficient (Wildman–Crippen LogP) is 2.23. The summed E-state index contributed by atoms with van der Waals surface area (Å²) in [4.78, 5) is 0. The third-order valence-electron chi connectivity index (χ3n) is 3.25. The Labute approximate surface area is 116 Å². The van der Waals surface area contributed by atoms with Gasteiger partial charge in [0.25, 0.3) is 0 Å². The van der Waals surface area contributed by atoms with Crippen LogP contribution in [0.2, 0.25) is 0 Å². The van der Waals surface area contributed by atoms with E-state index < -0.39 is 0 Å². The van der Waals surface area contributed by atoms with Crippen molar-refractivity contribution in [3.8, 4) is 0 Å². The SMILES string of the molecule is NNC(Cc1ccc(I)cc1)C1CCCCO1. The summed E-state index contributed by atoms with van der Waals surface area (Å²) in [5, 5.41) is 0. The Morgan fingerprint density at radius 2 is 2.12 bits per heavy atom. The molecule has 1 fully saturated rings. The summed E-state index contributed by atoms with van der Waals surface area (Å²) in [5.41, 5.74) is 4.22. The molecule has 17 heavy (non-hydrogen) atoms. The van der Waals surface area contributed by atoms with Gasteiger partial charge in [-0.15, -0.1) is 0 Å². The lowest BCUT2D eigenvalue weighted by Gasteiger charge is -2.30. The Bertz CT molecular complexity index is 336. The molecule has 0 aromatic heterocycles. The number of benzene rings is 1. The third kappa shape index (κ3) is 3.91. The standard InChI is InChI=1S/C13H19IN2O/c14-11-6-4-10(5-7-11)9-12(16-15)13-3-1-2-8-17-13/h4-7,12-13,16H,1-3,8-9,15H2. The fourth-order valence-electron chi connectivity index (χ4n) is 2.26. The summed E-state index contributed by atoms with van der Waals surface area (Å²) in [5.74, 6) is 5.65. The molecule has 0 aliphatic carbocycles. The van der Waals surface area contributed by atoms with Gasteiger partial charge in [-0.05, 0) is 66.0 Å². The normalized spacial score (nSPS) is 22.4. The number of halogens is 1. The van der Waals surface area contributed by atoms with Gasteiger partial charge in [0.2, 0.25) is 0 Å². The van der Waals surface area contributed by atoms with Crippen LogP contribution < -0.4 is 11.3 Å². The second-order valence-corrected chi connectivity index (χ2v) is 5.75. The second kappa shape index (κ2) is 6.68. The maximum Gasteiger partial charge on any atom is 0.0744 e. The van der Waals surface area contributed by atoms with Crippen molar-refractivity contribution in [2.24, 2.45) is 5.84 Å². The van der Waals surface area contributed by atoms with Crippen LogP contribution in [0, 0.1) is 3.57 Å². The lowest BCUT2D eigenvalue weighted by molar-refractivity contribution is -0.00744. The Morgan fingerprint density at radius 3 is 2.71 bits per heavy atom. The van der Waals surface area contributed by atoms with E-state index in [-0.39, 0.29) is 12.1 Å². The zero-order chi connectivity index (χ0) is 12.1. The molecule has 0 saturated carbocycles. The molecule has 0 amide bonds. The molecule has 0 spiro atoms. The largest absolute Gasteiger partial charge is 0.377 e. The Balaban J connectivity index is 1.96. The summed E-state index contributed by atoms with van der Waals surface area (Å²) < 4.78 is 7.04. The van der Waals surface area contributed by atoms with E-state index in [0.29, 0.717) is 0 Å². The first kappa shape index (κ1) is 13.3. The first-order chi connectivity index (χ1) is 8.29. The molecule has 2 rings (SSSR count). The van der Waals surface area contributed by atoms with Crippen LogP contribution in [0.4, 0.5) is 0 Å². The van der Waals surface area contributed by atoms with Gasteiger partial charge >= 0.3 is 0 Å². The number of ether oxygens (including phenoxy) is 1. The van der Waals surface area contributed by atoms with Gasteiger partial charge in [0, 0.05) is 10.2 Å². The molecule has 4 heteroatoms. The van der Waals surface area contributed by atoms with E-state index in [2.05, 4.69) is 52.3 Å². The van der Waals surface area contributed by atoms with Crippen LogP contribution in [0.3, 0.4) is 0 Å². The van der Waals surface area contributed by atoms with E-state index in [4.69, 9.17) is 10.6 Å². The van der Waals surface area contributed by atoms with Gasteiger partial charge < -0.3 is 4.74 Å². The molecule has 1 aliphatic heterocycles. The lowest BCUT2D eigenvalue weighted by Crippen LogP contribution is -2.47. The molecule has 3 nitrogen and oxygen atoms in total. The van der Waals surface area contributed by atoms with Gasteiger partial charge in [0.15, 0.2) is 0 Å². The van der Waals surface area contributed by atoms with Crippen LogP contribution in [0.15, 0.2) is 24.3 Å². The molecule has 1 aromatic carbocycles. The van der Waals surface area contributed by atoms with Crippen molar-refractivity contribution in [3.63, 3.8) is 0 Å². The van der Waals surface area contributed by atoms with Crippen LogP contribution >= 0.6 is 22.6 Å². The number of hydrazine groups is 1. The number of hydrogen-bond acceptors (Lipinski definition) is 3.